The van der Waals surface area contributed by atoms with Crippen LogP contribution in [0.3, 0.4) is 0 Å². The van der Waals surface area contributed by atoms with Crippen LogP contribution in [0.1, 0.15) is 10.4 Å². The second kappa shape index (κ2) is 8.68. The molecule has 0 atom stereocenters. The summed E-state index contributed by atoms with van der Waals surface area (Å²) in [5.41, 5.74) is 0.259. The summed E-state index contributed by atoms with van der Waals surface area (Å²) in [6, 6.07) is 6.72. The smallest absolute Gasteiger partial charge is 0.338 e. The minimum Gasteiger partial charge on any atom is -0.454 e. The zero-order valence-electron chi connectivity index (χ0n) is 15.8. The zero-order valence-corrected chi connectivity index (χ0v) is 18.1. The Bertz CT molecular complexity index is 1120. The highest BCUT2D eigenvalue weighted by atomic mass is 35.5. The summed E-state index contributed by atoms with van der Waals surface area (Å²) >= 11 is 12.0. The van der Waals surface area contributed by atoms with Crippen LogP contribution < -0.4 is 14.8 Å². The van der Waals surface area contributed by atoms with Crippen LogP contribution in [0.5, 0.6) is 11.5 Å². The van der Waals surface area contributed by atoms with Crippen LogP contribution in [0.25, 0.3) is 0 Å². The molecule has 2 aromatic carbocycles. The minimum atomic E-state index is -3.81. The van der Waals surface area contributed by atoms with Crippen molar-refractivity contribution < 1.29 is 32.2 Å². The fourth-order valence-electron chi connectivity index (χ4n) is 2.47. The quantitative estimate of drug-likeness (QED) is 0.640. The number of fused-ring (bicyclic) bond motifs is 1. The average molecular weight is 475 g/mol. The molecule has 1 aliphatic rings. The van der Waals surface area contributed by atoms with Gasteiger partial charge < -0.3 is 19.5 Å². The molecule has 0 aliphatic carbocycles. The molecular formula is C18H16Cl2N2O7S. The summed E-state index contributed by atoms with van der Waals surface area (Å²) < 4.78 is 40.9. The third kappa shape index (κ3) is 4.62. The Kier molecular flexibility index (Phi) is 6.41. The van der Waals surface area contributed by atoms with Crippen molar-refractivity contribution in [1.29, 1.82) is 0 Å². The fourth-order valence-corrected chi connectivity index (χ4v) is 4.13. The molecule has 1 heterocycles. The van der Waals surface area contributed by atoms with Crippen LogP contribution in [0.15, 0.2) is 35.2 Å². The van der Waals surface area contributed by atoms with Crippen molar-refractivity contribution in [3.8, 4) is 11.5 Å². The minimum absolute atomic E-state index is 0.00723. The first kappa shape index (κ1) is 22.2. The second-order valence-electron chi connectivity index (χ2n) is 6.25. The first-order chi connectivity index (χ1) is 14.1. The van der Waals surface area contributed by atoms with E-state index in [1.807, 2.05) is 0 Å². The number of benzene rings is 2. The maximum Gasteiger partial charge on any atom is 0.338 e. The number of ether oxygens (including phenoxy) is 3. The predicted molar refractivity (Wildman–Crippen MR) is 109 cm³/mol. The van der Waals surface area contributed by atoms with Crippen molar-refractivity contribution >= 4 is 50.8 Å². The van der Waals surface area contributed by atoms with Gasteiger partial charge in [-0.3, -0.25) is 4.79 Å². The van der Waals surface area contributed by atoms with Crippen molar-refractivity contribution in [2.24, 2.45) is 0 Å². The van der Waals surface area contributed by atoms with Crippen LogP contribution in [-0.4, -0.2) is 52.1 Å². The van der Waals surface area contributed by atoms with E-state index < -0.39 is 28.5 Å². The van der Waals surface area contributed by atoms with Crippen LogP contribution in [0.2, 0.25) is 10.0 Å². The van der Waals surface area contributed by atoms with Gasteiger partial charge in [-0.2, -0.15) is 0 Å². The molecule has 1 amide bonds. The number of esters is 1. The highest BCUT2D eigenvalue weighted by Gasteiger charge is 2.23. The monoisotopic (exact) mass is 474 g/mol. The molecule has 1 N–H and O–H groups in total. The van der Waals surface area contributed by atoms with Crippen LogP contribution in [0.4, 0.5) is 5.69 Å². The topological polar surface area (TPSA) is 111 Å². The third-order valence-electron chi connectivity index (χ3n) is 3.97. The van der Waals surface area contributed by atoms with Crippen molar-refractivity contribution in [3.63, 3.8) is 0 Å². The number of nitrogens with zero attached hydrogens (tertiary/aromatic N) is 1. The van der Waals surface area contributed by atoms with Crippen LogP contribution >= 0.6 is 23.2 Å². The van der Waals surface area contributed by atoms with E-state index in [1.54, 1.807) is 0 Å². The molecular weight excluding hydrogens is 459 g/mol. The second-order valence-corrected chi connectivity index (χ2v) is 9.18. The molecule has 0 saturated carbocycles. The Morgan fingerprint density at radius 1 is 1.13 bits per heavy atom. The molecule has 0 bridgehead atoms. The van der Waals surface area contributed by atoms with E-state index in [2.05, 4.69) is 5.32 Å². The van der Waals surface area contributed by atoms with Gasteiger partial charge in [0.25, 0.3) is 5.91 Å². The average Bonchev–Trinajstić information content (AvgIpc) is 3.16. The van der Waals surface area contributed by atoms with Gasteiger partial charge in [0, 0.05) is 19.8 Å². The highest BCUT2D eigenvalue weighted by Crippen LogP contribution is 2.39. The maximum absolute atomic E-state index is 12.3. The Balaban J connectivity index is 1.65. The van der Waals surface area contributed by atoms with Gasteiger partial charge in [0.1, 0.15) is 4.90 Å². The number of nitrogens with one attached hydrogen (secondary N) is 1. The molecule has 0 aromatic heterocycles. The fraction of sp³-hybridized carbons (Fsp3) is 0.222. The van der Waals surface area contributed by atoms with Gasteiger partial charge in [-0.15, -0.1) is 0 Å². The molecule has 30 heavy (non-hydrogen) atoms. The van der Waals surface area contributed by atoms with Gasteiger partial charge in [-0.1, -0.05) is 23.2 Å². The normalized spacial score (nSPS) is 12.7. The molecule has 2 aromatic rings. The Morgan fingerprint density at radius 2 is 1.87 bits per heavy atom. The summed E-state index contributed by atoms with van der Waals surface area (Å²) in [6.07, 6.45) is 0. The molecule has 0 spiro atoms. The summed E-state index contributed by atoms with van der Waals surface area (Å²) in [4.78, 5) is 24.2. The van der Waals surface area contributed by atoms with Crippen molar-refractivity contribution in [1.82, 2.24) is 4.31 Å². The molecule has 12 heteroatoms. The molecule has 160 valence electrons. The van der Waals surface area contributed by atoms with Gasteiger partial charge in [-0.05, 0) is 30.3 Å². The standard InChI is InChI=1S/C18H16Cl2N2O7S/c1-22(2)30(25,26)15-7-11(3-4-12(15)19)21-16(23)8-27-18(24)10-5-13(20)17-14(6-10)28-9-29-17/h3-7H,8-9H2,1-2H3,(H,21,23). The van der Waals surface area contributed by atoms with Gasteiger partial charge in [0.05, 0.1) is 15.6 Å². The van der Waals surface area contributed by atoms with E-state index in [9.17, 15) is 18.0 Å². The van der Waals surface area contributed by atoms with E-state index in [0.29, 0.717) is 11.5 Å². The number of amides is 1. The van der Waals surface area contributed by atoms with Gasteiger partial charge >= 0.3 is 5.97 Å². The first-order valence-electron chi connectivity index (χ1n) is 8.38. The highest BCUT2D eigenvalue weighted by molar-refractivity contribution is 7.89. The van der Waals surface area contributed by atoms with E-state index in [4.69, 9.17) is 37.4 Å². The number of halogens is 2. The third-order valence-corrected chi connectivity index (χ3v) is 6.55. The number of rotatable bonds is 6. The van der Waals surface area contributed by atoms with Gasteiger partial charge in [0.15, 0.2) is 18.1 Å². The molecule has 0 fully saturated rings. The lowest BCUT2D eigenvalue weighted by atomic mass is 10.2. The van der Waals surface area contributed by atoms with E-state index in [1.165, 1.54) is 44.4 Å². The summed E-state index contributed by atoms with van der Waals surface area (Å²) in [6.45, 7) is -0.619. The van der Waals surface area contributed by atoms with Crippen molar-refractivity contribution in [2.45, 2.75) is 4.90 Å². The molecule has 3 rings (SSSR count). The predicted octanol–water partition coefficient (Wildman–Crippen LogP) is 2.77. The number of sulfonamides is 1. The number of hydrogen-bond acceptors (Lipinski definition) is 7. The molecule has 1 aliphatic heterocycles. The lowest BCUT2D eigenvalue weighted by Crippen LogP contribution is -2.23. The first-order valence-corrected chi connectivity index (χ1v) is 10.6. The Hall–Kier alpha value is -2.53. The molecule has 0 radical (unpaired) electrons. The Morgan fingerprint density at radius 3 is 2.57 bits per heavy atom. The van der Waals surface area contributed by atoms with Crippen molar-refractivity contribution in [3.05, 3.63) is 45.9 Å². The molecule has 0 unspecified atom stereocenters. The lowest BCUT2D eigenvalue weighted by molar-refractivity contribution is -0.119. The largest absolute Gasteiger partial charge is 0.454 e. The van der Waals surface area contributed by atoms with Gasteiger partial charge in [-0.25, -0.2) is 17.5 Å². The maximum atomic E-state index is 12.3. The Labute approximate surface area is 182 Å². The van der Waals surface area contributed by atoms with Crippen LogP contribution in [0, 0.1) is 0 Å². The van der Waals surface area contributed by atoms with Gasteiger partial charge in [0.2, 0.25) is 16.8 Å². The summed E-state index contributed by atoms with van der Waals surface area (Å²) in [5, 5.41) is 2.64. The number of carbonyl (C=O) groups excluding carboxylic acids is 2. The number of hydrogen-bond donors (Lipinski definition) is 1. The summed E-state index contributed by atoms with van der Waals surface area (Å²) in [7, 11) is -1.09. The SMILES string of the molecule is CN(C)S(=O)(=O)c1cc(NC(=O)COC(=O)c2cc(Cl)c3c(c2)OCO3)ccc1Cl. The number of anilines is 1. The molecule has 0 saturated heterocycles. The van der Waals surface area contributed by atoms with Crippen molar-refractivity contribution in [2.75, 3.05) is 32.8 Å². The van der Waals surface area contributed by atoms with Crippen LogP contribution in [-0.2, 0) is 19.6 Å². The number of carbonyl (C=O) groups is 2. The van der Waals surface area contributed by atoms with E-state index >= 15 is 0 Å². The summed E-state index contributed by atoms with van der Waals surface area (Å²) in [5.74, 6) is -0.838. The van der Waals surface area contributed by atoms with E-state index in [0.717, 1.165) is 4.31 Å². The van der Waals surface area contributed by atoms with E-state index in [-0.39, 0.29) is 33.0 Å². The lowest BCUT2D eigenvalue weighted by Gasteiger charge is -2.14. The molecule has 9 nitrogen and oxygen atoms in total. The zero-order chi connectivity index (χ0) is 22.1.